The molecule has 6 heterocycles. The molecule has 1 aliphatic carbocycles. The summed E-state index contributed by atoms with van der Waals surface area (Å²) in [5.74, 6) is 0. The lowest BCUT2D eigenvalue weighted by Crippen LogP contribution is -2.67. The molecule has 4 nitrogen and oxygen atoms in total. The summed E-state index contributed by atoms with van der Waals surface area (Å²) >= 11 is 0. The van der Waals surface area contributed by atoms with Gasteiger partial charge in [0.25, 0.3) is 6.71 Å². The Morgan fingerprint density at radius 2 is 1.31 bits per heavy atom. The number of aryl methyl sites for hydroxylation is 2. The van der Waals surface area contributed by atoms with Crippen molar-refractivity contribution < 1.29 is 0 Å². The smallest absolute Gasteiger partial charge is 0.252 e. The first-order chi connectivity index (χ1) is 32.7. The van der Waals surface area contributed by atoms with Crippen LogP contribution in [0.1, 0.15) is 126 Å². The Bertz CT molecular complexity index is 3410. The Morgan fingerprint density at radius 3 is 2.04 bits per heavy atom. The number of nitrogens with zero attached hydrogens (tertiary/aromatic N) is 4. The largest absolute Gasteiger partial charge is 0.334 e. The number of aromatic nitrogens is 1. The van der Waals surface area contributed by atoms with Crippen LogP contribution >= 0.6 is 0 Å². The number of rotatable bonds is 4. The highest BCUT2D eigenvalue weighted by Gasteiger charge is 2.59. The van der Waals surface area contributed by atoms with E-state index in [1.165, 1.54) is 126 Å². The molecule has 0 saturated heterocycles. The van der Waals surface area contributed by atoms with E-state index < -0.39 is 0 Å². The summed E-state index contributed by atoms with van der Waals surface area (Å²) < 4.78 is 0. The molecule has 336 valence electrons. The quantitative estimate of drug-likeness (QED) is 0.164. The van der Waals surface area contributed by atoms with E-state index in [4.69, 9.17) is 4.98 Å². The molecule has 0 radical (unpaired) electrons. The van der Waals surface area contributed by atoms with E-state index in [0.717, 1.165) is 23.4 Å². The zero-order valence-electron chi connectivity index (χ0n) is 41.5. The van der Waals surface area contributed by atoms with E-state index >= 15 is 0 Å². The van der Waals surface area contributed by atoms with Gasteiger partial charge in [-0.2, -0.15) is 0 Å². The molecule has 13 rings (SSSR count). The number of pyridine rings is 1. The normalized spacial score (nSPS) is 21.5. The monoisotopic (exact) mass is 884 g/mol. The van der Waals surface area contributed by atoms with Crippen LogP contribution in [0.5, 0.6) is 0 Å². The van der Waals surface area contributed by atoms with Crippen molar-refractivity contribution in [3.05, 3.63) is 184 Å². The third-order valence-corrected chi connectivity index (χ3v) is 17.6. The van der Waals surface area contributed by atoms with Crippen LogP contribution in [-0.4, -0.2) is 17.2 Å². The maximum absolute atomic E-state index is 5.04. The fraction of sp³-hybridized carbons (Fsp3) is 0.286. The van der Waals surface area contributed by atoms with Crippen molar-refractivity contribution in [2.45, 2.75) is 117 Å². The second-order valence-corrected chi connectivity index (χ2v) is 22.8. The molecule has 6 aliphatic rings. The van der Waals surface area contributed by atoms with Gasteiger partial charge in [-0.05, 0) is 151 Å². The van der Waals surface area contributed by atoms with Gasteiger partial charge in [-0.15, -0.1) is 0 Å². The van der Waals surface area contributed by atoms with Gasteiger partial charge < -0.3 is 14.7 Å². The Morgan fingerprint density at radius 1 is 0.603 bits per heavy atom. The molecule has 6 aromatic carbocycles. The molecule has 5 aliphatic heterocycles. The van der Waals surface area contributed by atoms with E-state index in [0.29, 0.717) is 0 Å². The maximum Gasteiger partial charge on any atom is 0.252 e. The zero-order chi connectivity index (χ0) is 46.8. The van der Waals surface area contributed by atoms with Gasteiger partial charge in [0.05, 0.1) is 22.6 Å². The van der Waals surface area contributed by atoms with Crippen molar-refractivity contribution in [1.82, 2.24) is 4.98 Å². The van der Waals surface area contributed by atoms with E-state index in [-0.39, 0.29) is 28.5 Å². The molecule has 0 bridgehead atoms. The first kappa shape index (κ1) is 41.6. The number of allylic oxidation sites excluding steroid dienone is 3. The fourth-order valence-electron chi connectivity index (χ4n) is 14.0. The third-order valence-electron chi connectivity index (χ3n) is 17.6. The molecule has 0 amide bonds. The highest BCUT2D eigenvalue weighted by atomic mass is 15.3. The van der Waals surface area contributed by atoms with Gasteiger partial charge in [0.1, 0.15) is 0 Å². The lowest BCUT2D eigenvalue weighted by atomic mass is 9.28. The molecule has 5 heteroatoms. The van der Waals surface area contributed by atoms with Gasteiger partial charge >= 0.3 is 0 Å². The van der Waals surface area contributed by atoms with Crippen LogP contribution in [0, 0.1) is 13.8 Å². The van der Waals surface area contributed by atoms with Crippen LogP contribution in [-0.2, 0) is 16.2 Å². The molecular weight excluding hydrogens is 824 g/mol. The molecule has 68 heavy (non-hydrogen) atoms. The second-order valence-electron chi connectivity index (χ2n) is 22.8. The van der Waals surface area contributed by atoms with Gasteiger partial charge in [-0.3, -0.25) is 4.98 Å². The Hall–Kier alpha value is -6.59. The molecule has 1 fully saturated rings. The van der Waals surface area contributed by atoms with Crippen LogP contribution in [0.2, 0.25) is 0 Å². The first-order valence-electron chi connectivity index (χ1n) is 25.2. The maximum atomic E-state index is 5.04. The third kappa shape index (κ3) is 5.31. The van der Waals surface area contributed by atoms with Crippen LogP contribution < -0.4 is 31.1 Å². The number of benzene rings is 6. The highest BCUT2D eigenvalue weighted by Crippen LogP contribution is 2.63. The minimum Gasteiger partial charge on any atom is -0.334 e. The van der Waals surface area contributed by atoms with Gasteiger partial charge in [0.2, 0.25) is 0 Å². The van der Waals surface area contributed by atoms with Crippen molar-refractivity contribution in [3.8, 4) is 11.3 Å². The molecule has 7 aromatic rings. The van der Waals surface area contributed by atoms with Crippen molar-refractivity contribution in [3.63, 3.8) is 0 Å². The van der Waals surface area contributed by atoms with E-state index in [1.54, 1.807) is 0 Å². The minimum absolute atomic E-state index is 0.0232. The van der Waals surface area contributed by atoms with Gasteiger partial charge in [-0.25, -0.2) is 0 Å². The first-order valence-corrected chi connectivity index (χ1v) is 25.2. The number of fused-ring (bicyclic) bond motifs is 6. The zero-order valence-corrected chi connectivity index (χ0v) is 41.5. The molecule has 1 saturated carbocycles. The summed E-state index contributed by atoms with van der Waals surface area (Å²) in [4.78, 5) is 13.2. The molecule has 2 unspecified atom stereocenters. The summed E-state index contributed by atoms with van der Waals surface area (Å²) in [6, 6.07) is 45.3. The lowest BCUT2D eigenvalue weighted by molar-refractivity contribution is 0.195. The molecule has 0 N–H and O–H groups in total. The predicted octanol–water partition coefficient (Wildman–Crippen LogP) is 14.4. The highest BCUT2D eigenvalue weighted by molar-refractivity contribution is 7.01. The van der Waals surface area contributed by atoms with Crippen molar-refractivity contribution in [2.24, 2.45) is 0 Å². The summed E-state index contributed by atoms with van der Waals surface area (Å²) in [7, 11) is 0. The van der Waals surface area contributed by atoms with Crippen LogP contribution in [0.15, 0.2) is 140 Å². The summed E-state index contributed by atoms with van der Waals surface area (Å²) in [5, 5.41) is 0. The van der Waals surface area contributed by atoms with Gasteiger partial charge in [0, 0.05) is 67.8 Å². The second kappa shape index (κ2) is 14.0. The lowest BCUT2D eigenvalue weighted by Gasteiger charge is -2.53. The van der Waals surface area contributed by atoms with Crippen molar-refractivity contribution >= 4 is 74.2 Å². The number of hydrogen-bond donors (Lipinski definition) is 0. The van der Waals surface area contributed by atoms with Gasteiger partial charge in [0.15, 0.2) is 0 Å². The molecular formula is C63H61BN4. The Balaban J connectivity index is 1.19. The minimum atomic E-state index is -0.248. The molecule has 1 aromatic heterocycles. The summed E-state index contributed by atoms with van der Waals surface area (Å²) in [6.07, 6.45) is 13.5. The standard InChI is InChI=1S/C63H61BN4/c1-11-12-18-42-43-25-26-47-57-59(43)67(50-27-22-38(2)33-44(42)50)55-37-41(68-52-29-24-40(60(4,5)6)35-48(52)62(9)30-14-15-31-63(62,68)10)36-54-58(55)64(57)56-46(61(47,7)8)19-17-21-53(56)66(54)51-28-23-39(3)34-45(51)49-20-13-16-32-65-49/h11-13,16-29,32-37H,14-15,30-31H2,1-10H3/b12-11-,42-18+. The van der Waals surface area contributed by atoms with Crippen LogP contribution in [0.25, 0.3) is 16.8 Å². The topological polar surface area (TPSA) is 22.6 Å². The van der Waals surface area contributed by atoms with E-state index in [9.17, 15) is 0 Å². The SMILES string of the molecule is C/C=C\C=C1\c2cc(C)ccc2N2c3cc(N4c5ccc(C(C)(C)C)cc5C5(C)CCCCC45C)cc4c3B3c5c(cccc5C(C)(C)c5ccc1c2c53)N4c1ccc(C)cc1-c1ccccn1. The molecule has 2 atom stereocenters. The van der Waals surface area contributed by atoms with Crippen LogP contribution in [0.3, 0.4) is 0 Å². The average Bonchev–Trinajstić information content (AvgIpc) is 3.53. The number of hydrogen-bond acceptors (Lipinski definition) is 4. The van der Waals surface area contributed by atoms with Crippen molar-refractivity contribution in [1.29, 1.82) is 0 Å². The Kier molecular flexibility index (Phi) is 8.56. The van der Waals surface area contributed by atoms with E-state index in [2.05, 4.69) is 211 Å². The van der Waals surface area contributed by atoms with Crippen molar-refractivity contribution in [2.75, 3.05) is 14.7 Å². The van der Waals surface area contributed by atoms with Gasteiger partial charge in [-0.1, -0.05) is 138 Å². The molecule has 0 spiro atoms. The summed E-state index contributed by atoms with van der Waals surface area (Å²) in [6.45, 7) is 23.8. The van der Waals surface area contributed by atoms with Crippen LogP contribution in [0.4, 0.5) is 45.5 Å². The summed E-state index contributed by atoms with van der Waals surface area (Å²) in [5.41, 5.74) is 28.3. The predicted molar refractivity (Wildman–Crippen MR) is 289 cm³/mol. The fourth-order valence-corrected chi connectivity index (χ4v) is 14.0. The van der Waals surface area contributed by atoms with E-state index in [1.807, 2.05) is 12.3 Å². The Labute approximate surface area is 404 Å². The average molecular weight is 885 g/mol. The number of anilines is 8.